The highest BCUT2D eigenvalue weighted by Crippen LogP contribution is 2.72. The molecule has 2 heterocycles. The highest BCUT2D eigenvalue weighted by atomic mass is 127. The van der Waals surface area contributed by atoms with Crippen LogP contribution < -0.4 is 9.80 Å². The van der Waals surface area contributed by atoms with E-state index >= 15 is 0 Å². The fourth-order valence-electron chi connectivity index (χ4n) is 5.29. The van der Waals surface area contributed by atoms with Crippen molar-refractivity contribution in [1.82, 2.24) is 0 Å². The Kier molecular flexibility index (Phi) is 3.55. The molecular weight excluding hydrogens is 447 g/mol. The maximum atomic E-state index is 4.70. The summed E-state index contributed by atoms with van der Waals surface area (Å²) in [4.78, 5) is 14.2. The molecule has 0 radical (unpaired) electrons. The van der Waals surface area contributed by atoms with Gasteiger partial charge in [0.2, 0.25) is 0 Å². The minimum atomic E-state index is 0.144. The van der Waals surface area contributed by atoms with Gasteiger partial charge in [-0.3, -0.25) is 9.98 Å². The van der Waals surface area contributed by atoms with Crippen LogP contribution in [0.2, 0.25) is 0 Å². The number of rotatable bonds is 1. The molecule has 2 fully saturated rings. The normalized spacial score (nSPS) is 33.9. The number of halogens is 1. The van der Waals surface area contributed by atoms with Crippen molar-refractivity contribution in [3.8, 4) is 0 Å². The van der Waals surface area contributed by atoms with Gasteiger partial charge in [-0.05, 0) is 58.8 Å². The molecule has 1 aliphatic carbocycles. The van der Waals surface area contributed by atoms with Crippen LogP contribution in [0.25, 0.3) is 0 Å². The van der Waals surface area contributed by atoms with Gasteiger partial charge >= 0.3 is 0 Å². The molecule has 27 heavy (non-hydrogen) atoms. The smallest absolute Gasteiger partial charge is 0.173 e. The summed E-state index contributed by atoms with van der Waals surface area (Å²) in [6, 6.07) is 17.5. The number of aliphatic imine (C=N–C) groups is 2. The molecule has 5 rings (SSSR count). The van der Waals surface area contributed by atoms with Gasteiger partial charge in [-0.15, -0.1) is 0 Å². The van der Waals surface area contributed by atoms with E-state index in [2.05, 4.69) is 94.8 Å². The number of amidine groups is 2. The van der Waals surface area contributed by atoms with Crippen molar-refractivity contribution in [2.24, 2.45) is 15.4 Å². The summed E-state index contributed by atoms with van der Waals surface area (Å²) in [5.41, 5.74) is 4.22. The van der Waals surface area contributed by atoms with E-state index in [0.29, 0.717) is 0 Å². The lowest BCUT2D eigenvalue weighted by Crippen LogP contribution is -2.51. The first-order valence-electron chi connectivity index (χ1n) is 9.34. The van der Waals surface area contributed by atoms with Crippen LogP contribution in [-0.4, -0.2) is 31.9 Å². The van der Waals surface area contributed by atoms with Crippen LogP contribution in [-0.2, 0) is 5.41 Å². The van der Waals surface area contributed by atoms with E-state index in [0.717, 1.165) is 11.7 Å². The summed E-state index contributed by atoms with van der Waals surface area (Å²) in [7, 11) is 3.75. The Balaban J connectivity index is 1.81. The van der Waals surface area contributed by atoms with Gasteiger partial charge in [0.15, 0.2) is 11.7 Å². The molecule has 4 nitrogen and oxygen atoms in total. The lowest BCUT2D eigenvalue weighted by Gasteiger charge is -2.43. The first-order chi connectivity index (χ1) is 13.0. The quantitative estimate of drug-likeness (QED) is 0.567. The van der Waals surface area contributed by atoms with E-state index in [9.17, 15) is 0 Å². The number of hydrogen-bond donors (Lipinski definition) is 0. The molecule has 0 bridgehead atoms. The van der Waals surface area contributed by atoms with Gasteiger partial charge in [0.1, 0.15) is 6.17 Å². The summed E-state index contributed by atoms with van der Waals surface area (Å²) in [5.74, 6) is 1.92. The fraction of sp³-hybridized carbons (Fsp3) is 0.364. The molecule has 1 saturated heterocycles. The lowest BCUT2D eigenvalue weighted by atomic mass is 9.81. The molecule has 3 aliphatic rings. The number of nitrogens with zero attached hydrogens (tertiary/aromatic N) is 4. The Morgan fingerprint density at radius 2 is 1.63 bits per heavy atom. The monoisotopic (exact) mass is 470 g/mol. The standard InChI is InChI=1S/C22H23IN4/c1-21-13-22(21,2)20-26(15-8-6-5-7-9-15)18(24-3)19(25-4)27(20)17-12-14(23)10-11-16(17)21/h5-12,20H,13H2,1-4H3/b24-18+,25-19+. The van der Waals surface area contributed by atoms with Crippen LogP contribution in [0.1, 0.15) is 25.8 Å². The molecule has 3 atom stereocenters. The van der Waals surface area contributed by atoms with Crippen LogP contribution in [0.15, 0.2) is 58.5 Å². The first-order valence-corrected chi connectivity index (χ1v) is 10.4. The topological polar surface area (TPSA) is 31.2 Å². The average molecular weight is 470 g/mol. The van der Waals surface area contributed by atoms with Crippen LogP contribution in [0, 0.1) is 8.99 Å². The number of hydrogen-bond acceptors (Lipinski definition) is 2. The highest BCUT2D eigenvalue weighted by molar-refractivity contribution is 14.1. The van der Waals surface area contributed by atoms with E-state index in [-0.39, 0.29) is 17.0 Å². The molecule has 2 aromatic carbocycles. The summed E-state index contributed by atoms with van der Waals surface area (Å²) in [5, 5.41) is 0. The summed E-state index contributed by atoms with van der Waals surface area (Å²) in [6.45, 7) is 4.84. The van der Waals surface area contributed by atoms with Gasteiger partial charge in [-0.1, -0.05) is 38.1 Å². The number of fused-ring (bicyclic) bond motifs is 6. The highest BCUT2D eigenvalue weighted by Gasteiger charge is 2.73. The van der Waals surface area contributed by atoms with Crippen molar-refractivity contribution >= 4 is 45.6 Å². The average Bonchev–Trinajstić information content (AvgIpc) is 3.10. The molecule has 2 aromatic rings. The Labute approximate surface area is 174 Å². The van der Waals surface area contributed by atoms with Gasteiger partial charge in [0.05, 0.1) is 0 Å². The van der Waals surface area contributed by atoms with Crippen molar-refractivity contribution in [2.75, 3.05) is 23.9 Å². The minimum Gasteiger partial charge on any atom is -0.302 e. The van der Waals surface area contributed by atoms with E-state index in [1.807, 2.05) is 14.1 Å². The van der Waals surface area contributed by atoms with Gasteiger partial charge in [-0.25, -0.2) is 0 Å². The zero-order valence-electron chi connectivity index (χ0n) is 16.1. The number of para-hydroxylation sites is 1. The Morgan fingerprint density at radius 1 is 0.963 bits per heavy atom. The SMILES string of the molecule is C/N=C1\C(=N/C)N2c3cc(I)ccc3C3(C)CC3(C)C2N1c1ccccc1. The van der Waals surface area contributed by atoms with E-state index < -0.39 is 0 Å². The van der Waals surface area contributed by atoms with Gasteiger partial charge in [-0.2, -0.15) is 0 Å². The molecule has 0 spiro atoms. The Bertz CT molecular complexity index is 999. The van der Waals surface area contributed by atoms with Gasteiger partial charge in [0, 0.05) is 39.9 Å². The molecule has 0 N–H and O–H groups in total. The molecular formula is C22H23IN4. The molecule has 0 amide bonds. The van der Waals surface area contributed by atoms with E-state index in [1.54, 1.807) is 0 Å². The zero-order valence-corrected chi connectivity index (χ0v) is 18.2. The van der Waals surface area contributed by atoms with Crippen LogP contribution >= 0.6 is 22.6 Å². The third-order valence-corrected chi connectivity index (χ3v) is 7.51. The minimum absolute atomic E-state index is 0.144. The van der Waals surface area contributed by atoms with Crippen molar-refractivity contribution in [3.63, 3.8) is 0 Å². The Hall–Kier alpha value is -1.89. The zero-order chi connectivity index (χ0) is 19.0. The number of benzene rings is 2. The predicted octanol–water partition coefficient (Wildman–Crippen LogP) is 4.68. The maximum absolute atomic E-state index is 4.70. The first kappa shape index (κ1) is 17.2. The largest absolute Gasteiger partial charge is 0.302 e. The van der Waals surface area contributed by atoms with Crippen molar-refractivity contribution < 1.29 is 0 Å². The Morgan fingerprint density at radius 3 is 2.30 bits per heavy atom. The molecule has 2 aliphatic heterocycles. The van der Waals surface area contributed by atoms with Gasteiger partial charge in [0.25, 0.3) is 0 Å². The van der Waals surface area contributed by atoms with Crippen molar-refractivity contribution in [2.45, 2.75) is 31.8 Å². The molecule has 5 heteroatoms. The summed E-state index contributed by atoms with van der Waals surface area (Å²) >= 11 is 2.41. The van der Waals surface area contributed by atoms with Crippen molar-refractivity contribution in [1.29, 1.82) is 0 Å². The second-order valence-corrected chi connectivity index (χ2v) is 9.38. The third-order valence-electron chi connectivity index (χ3n) is 6.84. The van der Waals surface area contributed by atoms with Crippen molar-refractivity contribution in [3.05, 3.63) is 57.7 Å². The predicted molar refractivity (Wildman–Crippen MR) is 121 cm³/mol. The fourth-order valence-corrected chi connectivity index (χ4v) is 5.76. The third kappa shape index (κ3) is 2.03. The summed E-state index contributed by atoms with van der Waals surface area (Å²) < 4.78 is 1.25. The van der Waals surface area contributed by atoms with Crippen LogP contribution in [0.4, 0.5) is 11.4 Å². The molecule has 3 unspecified atom stereocenters. The summed E-state index contributed by atoms with van der Waals surface area (Å²) in [6.07, 6.45) is 1.36. The maximum Gasteiger partial charge on any atom is 0.173 e. The second-order valence-electron chi connectivity index (χ2n) is 8.13. The van der Waals surface area contributed by atoms with Gasteiger partial charge < -0.3 is 9.80 Å². The van der Waals surface area contributed by atoms with Crippen LogP contribution in [0.5, 0.6) is 0 Å². The van der Waals surface area contributed by atoms with E-state index in [4.69, 9.17) is 9.98 Å². The van der Waals surface area contributed by atoms with Crippen LogP contribution in [0.3, 0.4) is 0 Å². The molecule has 0 aromatic heterocycles. The second kappa shape index (κ2) is 5.56. The molecule has 1 saturated carbocycles. The lowest BCUT2D eigenvalue weighted by molar-refractivity contribution is 0.378. The number of anilines is 2. The van der Waals surface area contributed by atoms with E-state index in [1.165, 1.54) is 26.9 Å². The molecule has 138 valence electrons.